The van der Waals surface area contributed by atoms with E-state index in [0.717, 1.165) is 0 Å². The maximum absolute atomic E-state index is 12.6. The molecule has 0 fully saturated rings. The number of fused-ring (bicyclic) bond motifs is 1. The summed E-state index contributed by atoms with van der Waals surface area (Å²) in [6.45, 7) is 2.02. The summed E-state index contributed by atoms with van der Waals surface area (Å²) in [5, 5.41) is 9.23. The van der Waals surface area contributed by atoms with Crippen LogP contribution in [0.4, 0.5) is 0 Å². The Hall–Kier alpha value is -3.28. The summed E-state index contributed by atoms with van der Waals surface area (Å²) in [6.07, 6.45) is 4.77. The minimum absolute atomic E-state index is 0.0103. The van der Waals surface area contributed by atoms with Crippen molar-refractivity contribution in [1.29, 1.82) is 0 Å². The lowest BCUT2D eigenvalue weighted by Crippen LogP contribution is -2.10. The summed E-state index contributed by atoms with van der Waals surface area (Å²) in [5.74, 6) is -0.235. The molecule has 0 atom stereocenters. The van der Waals surface area contributed by atoms with Crippen LogP contribution in [0.2, 0.25) is 0 Å². The summed E-state index contributed by atoms with van der Waals surface area (Å²) < 4.78 is 16.3. The Labute approximate surface area is 136 Å². The molecule has 0 saturated heterocycles. The molecule has 6 nitrogen and oxygen atoms in total. The molecule has 0 aliphatic rings. The van der Waals surface area contributed by atoms with Gasteiger partial charge in [0.2, 0.25) is 11.2 Å². The molecule has 3 rings (SSSR count). The standard InChI is InChI=1S/C18H14O6/c1-2-22-17-15(8-6-12-4-3-9-23-12)24-14-7-5-11(18(20)21)10-13(14)16(17)19/h3-10H,2H2,1H3,(H,20,21)/b8-6+. The SMILES string of the molecule is CCOc1c(/C=C/c2ccco2)oc2ccc(C(=O)O)cc2c1=O. The first-order valence-electron chi connectivity index (χ1n) is 7.28. The highest BCUT2D eigenvalue weighted by Gasteiger charge is 2.15. The van der Waals surface area contributed by atoms with Gasteiger partial charge in [0, 0.05) is 0 Å². The van der Waals surface area contributed by atoms with E-state index < -0.39 is 11.4 Å². The van der Waals surface area contributed by atoms with Gasteiger partial charge in [0.1, 0.15) is 11.3 Å². The average Bonchev–Trinajstić information content (AvgIpc) is 3.09. The van der Waals surface area contributed by atoms with Crippen LogP contribution in [0.3, 0.4) is 0 Å². The Morgan fingerprint density at radius 3 is 2.79 bits per heavy atom. The minimum Gasteiger partial charge on any atom is -0.487 e. The van der Waals surface area contributed by atoms with Gasteiger partial charge in [0.05, 0.1) is 23.8 Å². The Balaban J connectivity index is 2.18. The molecule has 2 heterocycles. The van der Waals surface area contributed by atoms with Crippen molar-refractivity contribution < 1.29 is 23.5 Å². The second kappa shape index (κ2) is 6.45. The van der Waals surface area contributed by atoms with Gasteiger partial charge in [-0.2, -0.15) is 0 Å². The lowest BCUT2D eigenvalue weighted by molar-refractivity contribution is 0.0697. The maximum atomic E-state index is 12.6. The van der Waals surface area contributed by atoms with Crippen LogP contribution in [0, 0.1) is 0 Å². The largest absolute Gasteiger partial charge is 0.487 e. The van der Waals surface area contributed by atoms with E-state index in [9.17, 15) is 9.59 Å². The van der Waals surface area contributed by atoms with Gasteiger partial charge in [0.15, 0.2) is 5.76 Å². The Morgan fingerprint density at radius 1 is 1.29 bits per heavy atom. The van der Waals surface area contributed by atoms with Gasteiger partial charge >= 0.3 is 5.97 Å². The number of rotatable bonds is 5. The quantitative estimate of drug-likeness (QED) is 0.769. The van der Waals surface area contributed by atoms with Crippen LogP contribution < -0.4 is 10.2 Å². The first kappa shape index (κ1) is 15.6. The number of hydrogen-bond acceptors (Lipinski definition) is 5. The average molecular weight is 326 g/mol. The highest BCUT2D eigenvalue weighted by molar-refractivity contribution is 5.93. The van der Waals surface area contributed by atoms with Crippen molar-refractivity contribution in [2.24, 2.45) is 0 Å². The fourth-order valence-corrected chi connectivity index (χ4v) is 2.26. The summed E-state index contributed by atoms with van der Waals surface area (Å²) in [4.78, 5) is 23.7. The van der Waals surface area contributed by atoms with Crippen molar-refractivity contribution in [3.05, 3.63) is 63.9 Å². The van der Waals surface area contributed by atoms with E-state index >= 15 is 0 Å². The van der Waals surface area contributed by atoms with E-state index in [1.807, 2.05) is 0 Å². The third-order valence-corrected chi connectivity index (χ3v) is 3.35. The fourth-order valence-electron chi connectivity index (χ4n) is 2.26. The molecule has 0 saturated carbocycles. The third kappa shape index (κ3) is 2.94. The van der Waals surface area contributed by atoms with E-state index in [-0.39, 0.29) is 34.6 Å². The fraction of sp³-hybridized carbons (Fsp3) is 0.111. The van der Waals surface area contributed by atoms with Crippen LogP contribution in [-0.2, 0) is 0 Å². The molecule has 2 aromatic heterocycles. The predicted octanol–water partition coefficient (Wildman–Crippen LogP) is 3.65. The number of hydrogen-bond donors (Lipinski definition) is 1. The molecule has 0 unspecified atom stereocenters. The summed E-state index contributed by atoms with van der Waals surface area (Å²) in [6, 6.07) is 7.63. The van der Waals surface area contributed by atoms with E-state index in [4.69, 9.17) is 18.7 Å². The molecule has 122 valence electrons. The van der Waals surface area contributed by atoms with Crippen molar-refractivity contribution in [2.45, 2.75) is 6.92 Å². The molecule has 0 radical (unpaired) electrons. The summed E-state index contributed by atoms with van der Waals surface area (Å²) in [5.41, 5.74) is -0.121. The molecule has 0 amide bonds. The van der Waals surface area contributed by atoms with Crippen LogP contribution in [0.5, 0.6) is 5.75 Å². The third-order valence-electron chi connectivity index (χ3n) is 3.35. The topological polar surface area (TPSA) is 89.9 Å². The van der Waals surface area contributed by atoms with E-state index in [1.165, 1.54) is 24.5 Å². The van der Waals surface area contributed by atoms with Crippen molar-refractivity contribution in [3.63, 3.8) is 0 Å². The minimum atomic E-state index is -1.11. The number of carboxylic acid groups (broad SMARTS) is 1. The van der Waals surface area contributed by atoms with Gasteiger partial charge in [-0.3, -0.25) is 4.79 Å². The maximum Gasteiger partial charge on any atom is 0.335 e. The molecule has 6 heteroatoms. The lowest BCUT2D eigenvalue weighted by atomic mass is 10.1. The van der Waals surface area contributed by atoms with Gasteiger partial charge in [-0.05, 0) is 49.4 Å². The Kier molecular flexibility index (Phi) is 4.20. The monoisotopic (exact) mass is 326 g/mol. The van der Waals surface area contributed by atoms with Gasteiger partial charge in [0.25, 0.3) is 0 Å². The van der Waals surface area contributed by atoms with Crippen LogP contribution >= 0.6 is 0 Å². The van der Waals surface area contributed by atoms with Crippen LogP contribution in [0.25, 0.3) is 23.1 Å². The second-order valence-corrected chi connectivity index (χ2v) is 4.92. The molecule has 0 spiro atoms. The highest BCUT2D eigenvalue weighted by Crippen LogP contribution is 2.24. The van der Waals surface area contributed by atoms with Crippen LogP contribution in [0.15, 0.2) is 50.2 Å². The molecular formula is C18H14O6. The molecule has 3 aromatic rings. The normalized spacial score (nSPS) is 11.2. The zero-order valence-corrected chi connectivity index (χ0v) is 12.8. The van der Waals surface area contributed by atoms with E-state index in [2.05, 4.69) is 0 Å². The van der Waals surface area contributed by atoms with Gasteiger partial charge in [-0.15, -0.1) is 0 Å². The molecule has 0 aliphatic heterocycles. The van der Waals surface area contributed by atoms with Crippen molar-refractivity contribution >= 4 is 29.1 Å². The smallest absolute Gasteiger partial charge is 0.335 e. The van der Waals surface area contributed by atoms with E-state index in [1.54, 1.807) is 31.2 Å². The molecule has 0 aliphatic carbocycles. The number of aromatic carboxylic acids is 1. The van der Waals surface area contributed by atoms with Crippen molar-refractivity contribution in [3.8, 4) is 5.75 Å². The van der Waals surface area contributed by atoms with Crippen LogP contribution in [0.1, 0.15) is 28.8 Å². The predicted molar refractivity (Wildman–Crippen MR) is 88.2 cm³/mol. The molecule has 1 N–H and O–H groups in total. The number of ether oxygens (including phenoxy) is 1. The zero-order chi connectivity index (χ0) is 17.1. The van der Waals surface area contributed by atoms with Crippen molar-refractivity contribution in [1.82, 2.24) is 0 Å². The number of furan rings is 1. The lowest BCUT2D eigenvalue weighted by Gasteiger charge is -2.08. The molecule has 0 bridgehead atoms. The molecular weight excluding hydrogens is 312 g/mol. The summed E-state index contributed by atoms with van der Waals surface area (Å²) in [7, 11) is 0. The summed E-state index contributed by atoms with van der Waals surface area (Å²) >= 11 is 0. The van der Waals surface area contributed by atoms with Gasteiger partial charge < -0.3 is 18.7 Å². The van der Waals surface area contributed by atoms with Crippen LogP contribution in [-0.4, -0.2) is 17.7 Å². The zero-order valence-electron chi connectivity index (χ0n) is 12.8. The number of carboxylic acids is 1. The number of carbonyl (C=O) groups is 1. The molecule has 24 heavy (non-hydrogen) atoms. The first-order valence-corrected chi connectivity index (χ1v) is 7.28. The molecule has 1 aromatic carbocycles. The van der Waals surface area contributed by atoms with E-state index in [0.29, 0.717) is 5.76 Å². The Bertz CT molecular complexity index is 963. The van der Waals surface area contributed by atoms with Crippen molar-refractivity contribution in [2.75, 3.05) is 6.61 Å². The number of benzene rings is 1. The Morgan fingerprint density at radius 2 is 2.12 bits per heavy atom. The van der Waals surface area contributed by atoms with Gasteiger partial charge in [-0.25, -0.2) is 4.79 Å². The first-order chi connectivity index (χ1) is 11.6. The van der Waals surface area contributed by atoms with Gasteiger partial charge in [-0.1, -0.05) is 0 Å². The second-order valence-electron chi connectivity index (χ2n) is 4.92. The highest BCUT2D eigenvalue weighted by atomic mass is 16.5.